The van der Waals surface area contributed by atoms with Gasteiger partial charge in [-0.15, -0.1) is 5.10 Å². The van der Waals surface area contributed by atoms with E-state index in [4.69, 9.17) is 4.42 Å². The SMILES string of the molecule is Cc1ccc(/C=N\Nc2nc(SCC(=O)NC3CCCC3)n[nH]2)o1. The van der Waals surface area contributed by atoms with E-state index in [2.05, 4.69) is 31.0 Å². The summed E-state index contributed by atoms with van der Waals surface area (Å²) < 4.78 is 5.36. The van der Waals surface area contributed by atoms with Gasteiger partial charge in [-0.2, -0.15) is 10.1 Å². The number of nitrogens with zero attached hydrogens (tertiary/aromatic N) is 3. The van der Waals surface area contributed by atoms with E-state index < -0.39 is 0 Å². The minimum Gasteiger partial charge on any atom is -0.460 e. The van der Waals surface area contributed by atoms with E-state index in [9.17, 15) is 4.79 Å². The zero-order valence-electron chi connectivity index (χ0n) is 13.4. The van der Waals surface area contributed by atoms with Gasteiger partial charge in [0.05, 0.1) is 12.0 Å². The molecule has 1 aliphatic rings. The summed E-state index contributed by atoms with van der Waals surface area (Å²) in [5, 5.41) is 14.3. The molecule has 2 heterocycles. The maximum Gasteiger partial charge on any atom is 0.240 e. The summed E-state index contributed by atoms with van der Waals surface area (Å²) in [6.45, 7) is 1.87. The lowest BCUT2D eigenvalue weighted by Gasteiger charge is -2.10. The van der Waals surface area contributed by atoms with Crippen LogP contribution >= 0.6 is 11.8 Å². The number of aromatic amines is 1. The topological polar surface area (TPSA) is 108 Å². The normalized spacial score (nSPS) is 15.2. The van der Waals surface area contributed by atoms with Gasteiger partial charge in [-0.05, 0) is 31.9 Å². The maximum absolute atomic E-state index is 11.9. The van der Waals surface area contributed by atoms with Crippen LogP contribution in [0.15, 0.2) is 26.8 Å². The molecular formula is C15H20N6O2S. The zero-order valence-corrected chi connectivity index (χ0v) is 14.2. The van der Waals surface area contributed by atoms with Crippen molar-refractivity contribution in [3.05, 3.63) is 23.7 Å². The van der Waals surface area contributed by atoms with Crippen LogP contribution in [0.3, 0.4) is 0 Å². The molecule has 1 saturated carbocycles. The molecule has 1 fully saturated rings. The van der Waals surface area contributed by atoms with Crippen LogP contribution in [0.5, 0.6) is 0 Å². The Kier molecular flexibility index (Phi) is 5.52. The van der Waals surface area contributed by atoms with Crippen molar-refractivity contribution >= 4 is 29.8 Å². The number of carbonyl (C=O) groups is 1. The number of amides is 1. The van der Waals surface area contributed by atoms with E-state index in [1.165, 1.54) is 24.6 Å². The fourth-order valence-electron chi connectivity index (χ4n) is 2.51. The number of hydrogen-bond acceptors (Lipinski definition) is 7. The van der Waals surface area contributed by atoms with Gasteiger partial charge in [0, 0.05) is 6.04 Å². The summed E-state index contributed by atoms with van der Waals surface area (Å²) in [6.07, 6.45) is 6.12. The molecule has 1 aliphatic carbocycles. The maximum atomic E-state index is 11.9. The highest BCUT2D eigenvalue weighted by molar-refractivity contribution is 7.99. The van der Waals surface area contributed by atoms with Crippen LogP contribution in [0.1, 0.15) is 37.2 Å². The predicted molar refractivity (Wildman–Crippen MR) is 92.2 cm³/mol. The lowest BCUT2D eigenvalue weighted by molar-refractivity contribution is -0.119. The number of aryl methyl sites for hydroxylation is 1. The third-order valence-corrected chi connectivity index (χ3v) is 4.49. The van der Waals surface area contributed by atoms with Crippen molar-refractivity contribution in [2.24, 2.45) is 5.10 Å². The molecule has 0 radical (unpaired) electrons. The van der Waals surface area contributed by atoms with Crippen molar-refractivity contribution in [3.8, 4) is 0 Å². The predicted octanol–water partition coefficient (Wildman–Crippen LogP) is 2.30. The monoisotopic (exact) mass is 348 g/mol. The van der Waals surface area contributed by atoms with Crippen molar-refractivity contribution in [1.82, 2.24) is 20.5 Å². The Hall–Kier alpha value is -2.29. The van der Waals surface area contributed by atoms with E-state index in [0.29, 0.717) is 28.7 Å². The van der Waals surface area contributed by atoms with Crippen LogP contribution in [-0.4, -0.2) is 39.1 Å². The number of hydrogen-bond donors (Lipinski definition) is 3. The second kappa shape index (κ2) is 8.00. The van der Waals surface area contributed by atoms with Gasteiger partial charge in [-0.1, -0.05) is 24.6 Å². The minimum atomic E-state index is 0.0254. The molecule has 0 aliphatic heterocycles. The van der Waals surface area contributed by atoms with Crippen LogP contribution in [0.4, 0.5) is 5.95 Å². The molecule has 9 heteroatoms. The molecule has 3 N–H and O–H groups in total. The first-order valence-electron chi connectivity index (χ1n) is 7.89. The summed E-state index contributed by atoms with van der Waals surface area (Å²) in [5.41, 5.74) is 2.74. The molecular weight excluding hydrogens is 328 g/mol. The van der Waals surface area contributed by atoms with E-state index in [1.807, 2.05) is 19.1 Å². The lowest BCUT2D eigenvalue weighted by atomic mass is 10.2. The standard InChI is InChI=1S/C15H20N6O2S/c1-10-6-7-12(23-10)8-16-19-14-18-15(21-20-14)24-9-13(22)17-11-4-2-3-5-11/h6-8,11H,2-5,9H2,1H3,(H,17,22)(H2,18,19,20,21)/b16-8-. The van der Waals surface area contributed by atoms with Crippen molar-refractivity contribution in [3.63, 3.8) is 0 Å². The van der Waals surface area contributed by atoms with E-state index in [0.717, 1.165) is 18.6 Å². The molecule has 2 aromatic heterocycles. The van der Waals surface area contributed by atoms with E-state index in [-0.39, 0.29) is 5.91 Å². The Morgan fingerprint density at radius 3 is 3.08 bits per heavy atom. The van der Waals surface area contributed by atoms with Gasteiger partial charge in [0.15, 0.2) is 0 Å². The molecule has 3 rings (SSSR count). The minimum absolute atomic E-state index is 0.0254. The van der Waals surface area contributed by atoms with Crippen LogP contribution in [0.25, 0.3) is 0 Å². The van der Waals surface area contributed by atoms with Crippen LogP contribution in [-0.2, 0) is 4.79 Å². The Balaban J connectivity index is 1.41. The average molecular weight is 348 g/mol. The van der Waals surface area contributed by atoms with Crippen LogP contribution in [0.2, 0.25) is 0 Å². The van der Waals surface area contributed by atoms with Gasteiger partial charge < -0.3 is 9.73 Å². The number of furan rings is 1. The van der Waals surface area contributed by atoms with Gasteiger partial charge in [0.1, 0.15) is 11.5 Å². The molecule has 128 valence electrons. The van der Waals surface area contributed by atoms with Gasteiger partial charge >= 0.3 is 0 Å². The zero-order chi connectivity index (χ0) is 16.8. The highest BCUT2D eigenvalue weighted by atomic mass is 32.2. The number of carbonyl (C=O) groups excluding carboxylic acids is 1. The van der Waals surface area contributed by atoms with Crippen molar-refractivity contribution in [2.45, 2.75) is 43.8 Å². The number of nitrogens with one attached hydrogen (secondary N) is 3. The number of anilines is 1. The Morgan fingerprint density at radius 2 is 2.33 bits per heavy atom. The van der Waals surface area contributed by atoms with Gasteiger partial charge in [-0.3, -0.25) is 4.79 Å². The molecule has 0 saturated heterocycles. The second-order valence-corrected chi connectivity index (χ2v) is 6.57. The van der Waals surface area contributed by atoms with Gasteiger partial charge in [0.25, 0.3) is 0 Å². The number of hydrazone groups is 1. The molecule has 2 aromatic rings. The molecule has 0 unspecified atom stereocenters. The average Bonchev–Trinajstić information content (AvgIpc) is 3.29. The number of H-pyrrole nitrogens is 1. The summed E-state index contributed by atoms with van der Waals surface area (Å²) in [4.78, 5) is 16.1. The van der Waals surface area contributed by atoms with Crippen LogP contribution in [0, 0.1) is 6.92 Å². The van der Waals surface area contributed by atoms with E-state index >= 15 is 0 Å². The number of thioether (sulfide) groups is 1. The molecule has 8 nitrogen and oxygen atoms in total. The third-order valence-electron chi connectivity index (χ3n) is 3.64. The molecule has 1 amide bonds. The quantitative estimate of drug-likeness (QED) is 0.402. The molecule has 24 heavy (non-hydrogen) atoms. The highest BCUT2D eigenvalue weighted by Crippen LogP contribution is 2.18. The first-order valence-corrected chi connectivity index (χ1v) is 8.88. The summed E-state index contributed by atoms with van der Waals surface area (Å²) in [5.74, 6) is 2.22. The summed E-state index contributed by atoms with van der Waals surface area (Å²) >= 11 is 1.29. The number of aromatic nitrogens is 3. The van der Waals surface area contributed by atoms with Crippen molar-refractivity contribution in [1.29, 1.82) is 0 Å². The molecule has 0 spiro atoms. The molecule has 0 atom stereocenters. The Morgan fingerprint density at radius 1 is 1.50 bits per heavy atom. The Bertz CT molecular complexity index is 704. The molecule has 0 aromatic carbocycles. The van der Waals surface area contributed by atoms with Crippen molar-refractivity contribution < 1.29 is 9.21 Å². The van der Waals surface area contributed by atoms with Crippen LogP contribution < -0.4 is 10.7 Å². The summed E-state index contributed by atoms with van der Waals surface area (Å²) in [6, 6.07) is 4.02. The summed E-state index contributed by atoms with van der Waals surface area (Å²) in [7, 11) is 0. The first kappa shape index (κ1) is 16.6. The third kappa shape index (κ3) is 4.85. The number of rotatable bonds is 7. The highest BCUT2D eigenvalue weighted by Gasteiger charge is 2.17. The fourth-order valence-corrected chi connectivity index (χ4v) is 3.12. The Labute approximate surface area is 143 Å². The lowest BCUT2D eigenvalue weighted by Crippen LogP contribution is -2.33. The van der Waals surface area contributed by atoms with Gasteiger partial charge in [0.2, 0.25) is 17.0 Å². The van der Waals surface area contributed by atoms with E-state index in [1.54, 1.807) is 6.21 Å². The largest absolute Gasteiger partial charge is 0.460 e. The van der Waals surface area contributed by atoms with Gasteiger partial charge in [-0.25, -0.2) is 10.5 Å². The first-order chi connectivity index (χ1) is 11.7. The van der Waals surface area contributed by atoms with Crippen molar-refractivity contribution in [2.75, 3.05) is 11.2 Å². The molecule has 0 bridgehead atoms. The fraction of sp³-hybridized carbons (Fsp3) is 0.467. The smallest absolute Gasteiger partial charge is 0.240 e. The second-order valence-electron chi connectivity index (χ2n) is 5.62.